The molecule has 2 aromatic heterocycles. The van der Waals surface area contributed by atoms with Gasteiger partial charge in [-0.2, -0.15) is 4.37 Å². The van der Waals surface area contributed by atoms with Gasteiger partial charge in [-0.3, -0.25) is 9.29 Å². The van der Waals surface area contributed by atoms with Gasteiger partial charge in [-0.25, -0.2) is 35.7 Å². The van der Waals surface area contributed by atoms with Gasteiger partial charge in [-0.15, -0.1) is 0 Å². The van der Waals surface area contributed by atoms with Gasteiger partial charge in [0.15, 0.2) is 5.58 Å². The van der Waals surface area contributed by atoms with Crippen LogP contribution in [0.2, 0.25) is 0 Å². The third-order valence-electron chi connectivity index (χ3n) is 6.28. The van der Waals surface area contributed by atoms with Gasteiger partial charge in [0.25, 0.3) is 10.0 Å². The Balaban J connectivity index is 1.55. The van der Waals surface area contributed by atoms with Crippen molar-refractivity contribution in [2.45, 2.75) is 43.2 Å². The highest BCUT2D eigenvalue weighted by Crippen LogP contribution is 2.33. The number of hydrogen-bond acceptors (Lipinski definition) is 9. The van der Waals surface area contributed by atoms with E-state index in [1.165, 1.54) is 4.57 Å². The molecule has 1 aliphatic rings. The number of sulfonamides is 2. The van der Waals surface area contributed by atoms with E-state index in [2.05, 4.69) is 18.8 Å². The van der Waals surface area contributed by atoms with Crippen molar-refractivity contribution in [1.82, 2.24) is 18.6 Å². The fourth-order valence-corrected chi connectivity index (χ4v) is 7.29. The molecule has 2 unspecified atom stereocenters. The van der Waals surface area contributed by atoms with E-state index >= 15 is 4.39 Å². The lowest BCUT2D eigenvalue weighted by molar-refractivity contribution is 0.480. The Morgan fingerprint density at radius 3 is 2.73 bits per heavy atom. The molecular weight excluding hydrogens is 545 g/mol. The maximum absolute atomic E-state index is 15.1. The van der Waals surface area contributed by atoms with Crippen molar-refractivity contribution in [1.29, 1.82) is 0 Å². The average Bonchev–Trinajstić information content (AvgIpc) is 3.42. The van der Waals surface area contributed by atoms with Crippen LogP contribution < -0.4 is 15.2 Å². The predicted octanol–water partition coefficient (Wildman–Crippen LogP) is 2.40. The molecule has 0 saturated heterocycles. The first kappa shape index (κ1) is 25.5. The lowest BCUT2D eigenvalue weighted by atomic mass is 9.84. The zero-order valence-electron chi connectivity index (χ0n) is 19.6. The fraction of sp³-hybridized carbons (Fsp3) is 0.318. The Labute approximate surface area is 215 Å². The summed E-state index contributed by atoms with van der Waals surface area (Å²) in [5, 5.41) is -0.0374. The molecule has 15 heteroatoms. The van der Waals surface area contributed by atoms with Crippen LogP contribution in [0.15, 0.2) is 50.8 Å². The summed E-state index contributed by atoms with van der Waals surface area (Å²) in [5.41, 5.74) is 2.70. The summed E-state index contributed by atoms with van der Waals surface area (Å²) in [6.45, 7) is 1.75. The molecule has 0 spiro atoms. The molecule has 0 aliphatic heterocycles. The molecule has 0 fully saturated rings. The third kappa shape index (κ3) is 5.03. The molecule has 37 heavy (non-hydrogen) atoms. The number of nitrogens with zero attached hydrogens (tertiary/aromatic N) is 3. The van der Waals surface area contributed by atoms with Gasteiger partial charge in [-0.1, -0.05) is 18.2 Å². The highest BCUT2D eigenvalue weighted by atomic mass is 32.2. The second-order valence-corrected chi connectivity index (χ2v) is 13.0. The van der Waals surface area contributed by atoms with Crippen LogP contribution in [0.1, 0.15) is 36.1 Å². The number of aryl methyl sites for hydroxylation is 1. The maximum Gasteiger partial charge on any atom is 0.420 e. The first-order valence-corrected chi connectivity index (χ1v) is 15.3. The molecule has 2 atom stereocenters. The normalized spacial score (nSPS) is 17.0. The Hall–Kier alpha value is -3.14. The van der Waals surface area contributed by atoms with Gasteiger partial charge in [0, 0.05) is 29.7 Å². The van der Waals surface area contributed by atoms with E-state index in [0.29, 0.717) is 19.3 Å². The minimum absolute atomic E-state index is 0.0374. The van der Waals surface area contributed by atoms with Gasteiger partial charge < -0.3 is 4.42 Å². The van der Waals surface area contributed by atoms with Crippen LogP contribution in [0.4, 0.5) is 9.52 Å². The van der Waals surface area contributed by atoms with Crippen LogP contribution in [-0.2, 0) is 32.9 Å². The maximum atomic E-state index is 15.1. The number of fused-ring (bicyclic) bond motifs is 2. The van der Waals surface area contributed by atoms with E-state index in [4.69, 9.17) is 4.42 Å². The Bertz CT molecular complexity index is 1760. The molecule has 1 aliphatic carbocycles. The number of nitrogens with one attached hydrogen (secondary N) is 2. The summed E-state index contributed by atoms with van der Waals surface area (Å²) in [6, 6.07) is 6.66. The minimum atomic E-state index is -4.36. The topological polar surface area (TPSA) is 153 Å². The molecular formula is C22H22FN5O6S3. The predicted molar refractivity (Wildman–Crippen MR) is 135 cm³/mol. The van der Waals surface area contributed by atoms with Gasteiger partial charge in [0.2, 0.25) is 15.2 Å². The summed E-state index contributed by atoms with van der Waals surface area (Å²) in [4.78, 5) is 15.9. The lowest BCUT2D eigenvalue weighted by Gasteiger charge is -2.28. The van der Waals surface area contributed by atoms with Crippen molar-refractivity contribution in [2.75, 3.05) is 11.0 Å². The quantitative estimate of drug-likeness (QED) is 0.345. The Morgan fingerprint density at radius 1 is 1.24 bits per heavy atom. The minimum Gasteiger partial charge on any atom is -0.408 e. The van der Waals surface area contributed by atoms with E-state index in [0.717, 1.165) is 52.9 Å². The Morgan fingerprint density at radius 2 is 2.03 bits per heavy atom. The van der Waals surface area contributed by atoms with Crippen LogP contribution >= 0.6 is 11.5 Å². The number of aromatic nitrogens is 3. The number of rotatable bonds is 7. The number of oxazole rings is 1. The summed E-state index contributed by atoms with van der Waals surface area (Å²) in [6.07, 6.45) is 3.99. The van der Waals surface area contributed by atoms with Crippen molar-refractivity contribution in [3.63, 3.8) is 0 Å². The molecule has 11 nitrogen and oxygen atoms in total. The van der Waals surface area contributed by atoms with E-state index in [1.54, 1.807) is 6.92 Å². The molecule has 2 aromatic carbocycles. The summed E-state index contributed by atoms with van der Waals surface area (Å²) in [7, 11) is -7.76. The molecule has 4 aromatic rings. The highest BCUT2D eigenvalue weighted by molar-refractivity contribution is 7.93. The second-order valence-electron chi connectivity index (χ2n) is 8.83. The molecule has 0 bridgehead atoms. The molecule has 2 N–H and O–H groups in total. The zero-order valence-corrected chi connectivity index (χ0v) is 22.1. The standard InChI is InChI=1S/C22H22FN5O6S3/c1-12(15-5-3-4-13-6-7-14(8-16(13)15)26-36(2,30)31)28-18-9-17(23)20(10-19(18)34-22(28)29)37(32,33)27-21-24-11-25-35-21/h3-5,9-12,14,26H,6-8H2,1-2H3,(H,24,25,27). The van der Waals surface area contributed by atoms with Crippen molar-refractivity contribution in [3.8, 4) is 0 Å². The largest absolute Gasteiger partial charge is 0.420 e. The number of halogens is 1. The highest BCUT2D eigenvalue weighted by Gasteiger charge is 2.28. The smallest absolute Gasteiger partial charge is 0.408 e. The van der Waals surface area contributed by atoms with Crippen molar-refractivity contribution in [2.24, 2.45) is 0 Å². The lowest BCUT2D eigenvalue weighted by Crippen LogP contribution is -2.38. The molecule has 0 saturated carbocycles. The molecule has 196 valence electrons. The second kappa shape index (κ2) is 9.31. The molecule has 2 heterocycles. The van der Waals surface area contributed by atoms with Crippen LogP contribution in [-0.4, -0.2) is 43.1 Å². The summed E-state index contributed by atoms with van der Waals surface area (Å²) < 4.78 is 79.2. The van der Waals surface area contributed by atoms with Crippen LogP contribution in [0.5, 0.6) is 0 Å². The fourth-order valence-electron chi connectivity index (χ4n) is 4.75. The van der Waals surface area contributed by atoms with Crippen LogP contribution in [0.3, 0.4) is 0 Å². The van der Waals surface area contributed by atoms with Gasteiger partial charge in [-0.05, 0) is 42.9 Å². The third-order valence-corrected chi connectivity index (χ3v) is 9.10. The zero-order chi connectivity index (χ0) is 26.5. The average molecular weight is 568 g/mol. The van der Waals surface area contributed by atoms with Crippen LogP contribution in [0, 0.1) is 5.82 Å². The molecule has 5 rings (SSSR count). The van der Waals surface area contributed by atoms with Crippen LogP contribution in [0.25, 0.3) is 11.1 Å². The number of anilines is 1. The monoisotopic (exact) mass is 567 g/mol. The van der Waals surface area contributed by atoms with Gasteiger partial charge in [0.05, 0.1) is 17.8 Å². The number of hydrogen-bond donors (Lipinski definition) is 2. The van der Waals surface area contributed by atoms with E-state index < -0.39 is 42.6 Å². The molecule has 0 radical (unpaired) electrons. The summed E-state index contributed by atoms with van der Waals surface area (Å²) >= 11 is 0.787. The Kier molecular flexibility index (Phi) is 6.42. The summed E-state index contributed by atoms with van der Waals surface area (Å²) in [5.74, 6) is -1.86. The molecule has 0 amide bonds. The number of benzene rings is 2. The van der Waals surface area contributed by atoms with E-state index in [9.17, 15) is 21.6 Å². The van der Waals surface area contributed by atoms with Gasteiger partial charge in [0.1, 0.15) is 17.0 Å². The first-order valence-electron chi connectivity index (χ1n) is 11.1. The van der Waals surface area contributed by atoms with E-state index in [1.807, 2.05) is 18.2 Å². The van der Waals surface area contributed by atoms with Gasteiger partial charge >= 0.3 is 5.76 Å². The van der Waals surface area contributed by atoms with Crippen molar-refractivity contribution >= 4 is 47.8 Å². The SMILES string of the molecule is CC(c1cccc2c1CC(NS(C)(=O)=O)CC2)n1c(=O)oc2cc(S(=O)(=O)Nc3ncns3)c(F)cc21. The van der Waals surface area contributed by atoms with Crippen molar-refractivity contribution in [3.05, 3.63) is 69.7 Å². The first-order chi connectivity index (χ1) is 17.4. The van der Waals surface area contributed by atoms with E-state index in [-0.39, 0.29) is 22.3 Å². The van der Waals surface area contributed by atoms with Crippen molar-refractivity contribution < 1.29 is 25.6 Å².